The molecule has 1 heterocycles. The maximum absolute atomic E-state index is 3.58. The van der Waals surface area contributed by atoms with Crippen LogP contribution >= 0.6 is 11.3 Å². The normalized spacial score (nSPS) is 13.4. The lowest BCUT2D eigenvalue weighted by molar-refractivity contribution is 0.157. The molecular formula is C16H30N2S. The Hall–Kier alpha value is -0.380. The van der Waals surface area contributed by atoms with Crippen LogP contribution in [0.4, 0.5) is 0 Å². The van der Waals surface area contributed by atoms with E-state index in [9.17, 15) is 0 Å². The van der Waals surface area contributed by atoms with Gasteiger partial charge in [0.05, 0.1) is 0 Å². The van der Waals surface area contributed by atoms with Crippen molar-refractivity contribution in [3.05, 3.63) is 22.4 Å². The lowest BCUT2D eigenvalue weighted by Crippen LogP contribution is -2.44. The zero-order chi connectivity index (χ0) is 14.1. The minimum Gasteiger partial charge on any atom is -0.310 e. The first-order valence-electron chi connectivity index (χ1n) is 7.64. The van der Waals surface area contributed by atoms with Crippen LogP contribution < -0.4 is 5.32 Å². The second-order valence-electron chi connectivity index (χ2n) is 5.60. The molecule has 0 amide bonds. The first kappa shape index (κ1) is 16.7. The zero-order valence-corrected chi connectivity index (χ0v) is 13.8. The van der Waals surface area contributed by atoms with Gasteiger partial charge in [-0.15, -0.1) is 11.3 Å². The number of hydrogen-bond donors (Lipinski definition) is 1. The van der Waals surface area contributed by atoms with Crippen LogP contribution in [0.2, 0.25) is 0 Å². The summed E-state index contributed by atoms with van der Waals surface area (Å²) in [6.45, 7) is 12.5. The molecule has 110 valence electrons. The summed E-state index contributed by atoms with van der Waals surface area (Å²) in [6, 6.07) is 5.56. The second kappa shape index (κ2) is 9.51. The van der Waals surface area contributed by atoms with E-state index in [1.807, 2.05) is 11.3 Å². The maximum Gasteiger partial charge on any atom is 0.0300 e. The van der Waals surface area contributed by atoms with Crippen molar-refractivity contribution in [2.24, 2.45) is 0 Å². The number of rotatable bonds is 10. The predicted molar refractivity (Wildman–Crippen MR) is 86.9 cm³/mol. The van der Waals surface area contributed by atoms with Crippen molar-refractivity contribution < 1.29 is 0 Å². The van der Waals surface area contributed by atoms with Gasteiger partial charge in [0.2, 0.25) is 0 Å². The Morgan fingerprint density at radius 3 is 2.63 bits per heavy atom. The molecular weight excluding hydrogens is 252 g/mol. The maximum atomic E-state index is 3.58. The lowest BCUT2D eigenvalue weighted by atomic mass is 10.1. The van der Waals surface area contributed by atoms with Crippen molar-refractivity contribution in [1.29, 1.82) is 0 Å². The molecule has 1 aromatic rings. The number of nitrogens with zero attached hydrogens (tertiary/aromatic N) is 1. The molecule has 0 radical (unpaired) electrons. The van der Waals surface area contributed by atoms with E-state index in [0.717, 1.165) is 13.1 Å². The van der Waals surface area contributed by atoms with Crippen molar-refractivity contribution in [1.82, 2.24) is 10.2 Å². The minimum atomic E-state index is 0.608. The molecule has 0 aliphatic carbocycles. The van der Waals surface area contributed by atoms with Crippen LogP contribution in [-0.4, -0.2) is 30.1 Å². The van der Waals surface area contributed by atoms with Crippen LogP contribution in [0.5, 0.6) is 0 Å². The number of hydrogen-bond acceptors (Lipinski definition) is 3. The van der Waals surface area contributed by atoms with Gasteiger partial charge in [-0.3, -0.25) is 4.90 Å². The highest BCUT2D eigenvalue weighted by molar-refractivity contribution is 7.09. The molecule has 0 saturated heterocycles. The Balaban J connectivity index is 2.28. The summed E-state index contributed by atoms with van der Waals surface area (Å²) < 4.78 is 0. The average molecular weight is 282 g/mol. The molecule has 0 aliphatic rings. The summed E-state index contributed by atoms with van der Waals surface area (Å²) in [5.41, 5.74) is 0. The second-order valence-corrected chi connectivity index (χ2v) is 6.63. The monoisotopic (exact) mass is 282 g/mol. The summed E-state index contributed by atoms with van der Waals surface area (Å²) in [6.07, 6.45) is 3.97. The molecule has 0 aliphatic heterocycles. The fourth-order valence-corrected chi connectivity index (χ4v) is 3.14. The zero-order valence-electron chi connectivity index (χ0n) is 13.0. The van der Waals surface area contributed by atoms with E-state index >= 15 is 0 Å². The Morgan fingerprint density at radius 1 is 1.26 bits per heavy atom. The minimum absolute atomic E-state index is 0.608. The van der Waals surface area contributed by atoms with Crippen LogP contribution in [0.3, 0.4) is 0 Å². The van der Waals surface area contributed by atoms with Crippen LogP contribution in [-0.2, 0) is 6.54 Å². The van der Waals surface area contributed by atoms with Gasteiger partial charge in [-0.1, -0.05) is 25.8 Å². The molecule has 0 saturated carbocycles. The Labute approximate surface area is 123 Å². The molecule has 1 unspecified atom stereocenters. The van der Waals surface area contributed by atoms with Gasteiger partial charge in [-0.2, -0.15) is 0 Å². The smallest absolute Gasteiger partial charge is 0.0300 e. The van der Waals surface area contributed by atoms with Gasteiger partial charge in [-0.05, 0) is 45.2 Å². The van der Waals surface area contributed by atoms with Gasteiger partial charge < -0.3 is 5.32 Å². The summed E-state index contributed by atoms with van der Waals surface area (Å²) in [4.78, 5) is 4.05. The molecule has 1 atom stereocenters. The van der Waals surface area contributed by atoms with Gasteiger partial charge in [0.25, 0.3) is 0 Å². The third kappa shape index (κ3) is 6.55. The molecule has 3 heteroatoms. The molecule has 0 bridgehead atoms. The van der Waals surface area contributed by atoms with Crippen molar-refractivity contribution in [2.75, 3.05) is 13.1 Å². The van der Waals surface area contributed by atoms with Gasteiger partial charge in [0.1, 0.15) is 0 Å². The topological polar surface area (TPSA) is 15.3 Å². The largest absolute Gasteiger partial charge is 0.310 e. The fourth-order valence-electron chi connectivity index (χ4n) is 2.47. The van der Waals surface area contributed by atoms with E-state index in [1.54, 1.807) is 0 Å². The molecule has 0 aromatic carbocycles. The van der Waals surface area contributed by atoms with E-state index in [2.05, 4.69) is 55.4 Å². The van der Waals surface area contributed by atoms with Crippen LogP contribution in [0.15, 0.2) is 17.5 Å². The number of thiophene rings is 1. The molecule has 19 heavy (non-hydrogen) atoms. The Morgan fingerprint density at radius 2 is 2.05 bits per heavy atom. The van der Waals surface area contributed by atoms with Gasteiger partial charge in [0, 0.05) is 30.1 Å². The molecule has 1 aromatic heterocycles. The highest BCUT2D eigenvalue weighted by Crippen LogP contribution is 2.10. The highest BCUT2D eigenvalue weighted by Gasteiger charge is 2.16. The third-order valence-electron chi connectivity index (χ3n) is 3.57. The van der Waals surface area contributed by atoms with E-state index in [0.29, 0.717) is 12.1 Å². The summed E-state index contributed by atoms with van der Waals surface area (Å²) in [5, 5.41) is 5.73. The molecule has 1 rings (SSSR count). The van der Waals surface area contributed by atoms with Crippen molar-refractivity contribution in [2.45, 2.75) is 65.6 Å². The predicted octanol–water partition coefficient (Wildman–Crippen LogP) is 4.13. The Kier molecular flexibility index (Phi) is 8.35. The molecule has 2 nitrogen and oxygen atoms in total. The summed E-state index contributed by atoms with van der Waals surface area (Å²) in [5.74, 6) is 0. The lowest BCUT2D eigenvalue weighted by Gasteiger charge is -2.33. The quantitative estimate of drug-likeness (QED) is 0.649. The summed E-state index contributed by atoms with van der Waals surface area (Å²) in [7, 11) is 0. The number of unbranched alkanes of at least 4 members (excludes halogenated alkanes) is 2. The van der Waals surface area contributed by atoms with E-state index in [1.165, 1.54) is 30.7 Å². The van der Waals surface area contributed by atoms with Gasteiger partial charge in [0.15, 0.2) is 0 Å². The number of nitrogens with one attached hydrogen (secondary N) is 1. The van der Waals surface area contributed by atoms with Gasteiger partial charge in [-0.25, -0.2) is 0 Å². The van der Waals surface area contributed by atoms with Crippen molar-refractivity contribution in [3.63, 3.8) is 0 Å². The molecule has 0 fully saturated rings. The van der Waals surface area contributed by atoms with Crippen molar-refractivity contribution in [3.8, 4) is 0 Å². The van der Waals surface area contributed by atoms with E-state index < -0.39 is 0 Å². The average Bonchev–Trinajstić information content (AvgIpc) is 2.87. The highest BCUT2D eigenvalue weighted by atomic mass is 32.1. The third-order valence-corrected chi connectivity index (χ3v) is 4.44. The van der Waals surface area contributed by atoms with Crippen LogP contribution in [0, 0.1) is 0 Å². The molecule has 0 spiro atoms. The molecule has 1 N–H and O–H groups in total. The SMILES string of the molecule is CCCCCN(C(C)C)C(C)CNCc1cccs1. The van der Waals surface area contributed by atoms with E-state index in [4.69, 9.17) is 0 Å². The van der Waals surface area contributed by atoms with Crippen molar-refractivity contribution >= 4 is 11.3 Å². The Bertz CT molecular complexity index is 309. The van der Waals surface area contributed by atoms with Gasteiger partial charge >= 0.3 is 0 Å². The van der Waals surface area contributed by atoms with E-state index in [-0.39, 0.29) is 0 Å². The first-order valence-corrected chi connectivity index (χ1v) is 8.52. The van der Waals surface area contributed by atoms with Crippen LogP contribution in [0.25, 0.3) is 0 Å². The van der Waals surface area contributed by atoms with Crippen LogP contribution in [0.1, 0.15) is 51.8 Å². The fraction of sp³-hybridized carbons (Fsp3) is 0.750. The standard InChI is InChI=1S/C16H30N2S/c1-5-6-7-10-18(14(2)3)15(4)12-17-13-16-9-8-11-19-16/h8-9,11,14-15,17H,5-7,10,12-13H2,1-4H3. The summed E-state index contributed by atoms with van der Waals surface area (Å²) >= 11 is 1.83. The first-order chi connectivity index (χ1) is 9.15.